The van der Waals surface area contributed by atoms with E-state index in [1.807, 2.05) is 37.3 Å². The van der Waals surface area contributed by atoms with Crippen LogP contribution in [0.3, 0.4) is 0 Å². The molecule has 0 spiro atoms. The van der Waals surface area contributed by atoms with Crippen molar-refractivity contribution >= 4 is 5.91 Å². The molecule has 0 aliphatic rings. The summed E-state index contributed by atoms with van der Waals surface area (Å²) in [5, 5.41) is 2.75. The van der Waals surface area contributed by atoms with Crippen molar-refractivity contribution in [2.45, 2.75) is 13.3 Å². The second-order valence-electron chi connectivity index (χ2n) is 3.05. The van der Waals surface area contributed by atoms with Crippen LogP contribution in [-0.4, -0.2) is 12.5 Å². The van der Waals surface area contributed by atoms with Gasteiger partial charge in [-0.2, -0.15) is 0 Å². The minimum Gasteiger partial charge on any atom is -0.352 e. The molecule has 0 atom stereocenters. The first-order valence-corrected chi connectivity index (χ1v) is 4.76. The third kappa shape index (κ3) is 2.73. The van der Waals surface area contributed by atoms with Gasteiger partial charge in [0, 0.05) is 12.1 Å². The van der Waals surface area contributed by atoms with Crippen LogP contribution in [-0.2, 0) is 6.42 Å². The highest BCUT2D eigenvalue weighted by molar-refractivity contribution is 5.94. The number of carbonyl (C=O) groups excluding carboxylic acids is 1. The van der Waals surface area contributed by atoms with Crippen molar-refractivity contribution in [1.29, 1.82) is 0 Å². The monoisotopic (exact) mass is 189 g/mol. The first-order valence-electron chi connectivity index (χ1n) is 4.76. The Morgan fingerprint density at radius 3 is 2.57 bits per heavy atom. The third-order valence-corrected chi connectivity index (χ3v) is 1.93. The molecule has 0 fully saturated rings. The molecule has 2 nitrogen and oxygen atoms in total. The van der Waals surface area contributed by atoms with Crippen molar-refractivity contribution in [2.24, 2.45) is 0 Å². The summed E-state index contributed by atoms with van der Waals surface area (Å²) >= 11 is 0. The van der Waals surface area contributed by atoms with Gasteiger partial charge in [0.2, 0.25) is 0 Å². The summed E-state index contributed by atoms with van der Waals surface area (Å²) in [7, 11) is 0. The zero-order chi connectivity index (χ0) is 10.4. The van der Waals surface area contributed by atoms with Gasteiger partial charge in [0.1, 0.15) is 0 Å². The smallest absolute Gasteiger partial charge is 0.251 e. The number of benzene rings is 1. The lowest BCUT2D eigenvalue weighted by molar-refractivity contribution is 0.0956. The van der Waals surface area contributed by atoms with Gasteiger partial charge in [0.15, 0.2) is 0 Å². The maximum absolute atomic E-state index is 11.4. The van der Waals surface area contributed by atoms with Gasteiger partial charge >= 0.3 is 0 Å². The molecule has 2 heteroatoms. The van der Waals surface area contributed by atoms with E-state index >= 15 is 0 Å². The Morgan fingerprint density at radius 1 is 1.43 bits per heavy atom. The third-order valence-electron chi connectivity index (χ3n) is 1.93. The summed E-state index contributed by atoms with van der Waals surface area (Å²) in [6, 6.07) is 7.58. The molecule has 0 heterocycles. The van der Waals surface area contributed by atoms with Crippen LogP contribution < -0.4 is 5.32 Å². The van der Waals surface area contributed by atoms with E-state index in [2.05, 4.69) is 11.9 Å². The van der Waals surface area contributed by atoms with E-state index in [0.29, 0.717) is 12.1 Å². The lowest BCUT2D eigenvalue weighted by Gasteiger charge is -2.02. The molecule has 0 bridgehead atoms. The van der Waals surface area contributed by atoms with E-state index in [-0.39, 0.29) is 5.91 Å². The summed E-state index contributed by atoms with van der Waals surface area (Å²) in [5.74, 6) is -0.0161. The highest BCUT2D eigenvalue weighted by atomic mass is 16.1. The van der Waals surface area contributed by atoms with Gasteiger partial charge in [0.25, 0.3) is 5.91 Å². The predicted molar refractivity (Wildman–Crippen MR) is 58.4 cm³/mol. The number of hydrogen-bond acceptors (Lipinski definition) is 1. The maximum Gasteiger partial charge on any atom is 0.251 e. The van der Waals surface area contributed by atoms with E-state index in [1.54, 1.807) is 0 Å². The molecule has 1 amide bonds. The Morgan fingerprint density at radius 2 is 2.07 bits per heavy atom. The van der Waals surface area contributed by atoms with Crippen molar-refractivity contribution in [2.75, 3.05) is 6.54 Å². The predicted octanol–water partition coefficient (Wildman–Crippen LogP) is 2.16. The standard InChI is InChI=1S/C12H15NO/c1-3-5-10-6-8-11(9-7-10)12(14)13-4-2/h3,6-9H,1,4-5H2,2H3,(H,13,14). The second kappa shape index (κ2) is 5.22. The fourth-order valence-electron chi connectivity index (χ4n) is 1.22. The molecule has 14 heavy (non-hydrogen) atoms. The van der Waals surface area contributed by atoms with E-state index < -0.39 is 0 Å². The minimum absolute atomic E-state index is 0.0161. The van der Waals surface area contributed by atoms with E-state index in [4.69, 9.17) is 0 Å². The van der Waals surface area contributed by atoms with Crippen molar-refractivity contribution < 1.29 is 4.79 Å². The molecule has 0 aliphatic carbocycles. The number of hydrogen-bond donors (Lipinski definition) is 1. The van der Waals surface area contributed by atoms with Crippen LogP contribution in [0.2, 0.25) is 0 Å². The molecule has 0 unspecified atom stereocenters. The molecule has 1 aromatic rings. The Kier molecular flexibility index (Phi) is 3.92. The van der Waals surface area contributed by atoms with Crippen molar-refractivity contribution in [3.8, 4) is 0 Å². The summed E-state index contributed by atoms with van der Waals surface area (Å²) < 4.78 is 0. The van der Waals surface area contributed by atoms with Crippen molar-refractivity contribution in [3.05, 3.63) is 48.0 Å². The van der Waals surface area contributed by atoms with Gasteiger partial charge in [-0.05, 0) is 31.0 Å². The van der Waals surface area contributed by atoms with E-state index in [1.165, 1.54) is 5.56 Å². The fourth-order valence-corrected chi connectivity index (χ4v) is 1.22. The molecule has 0 saturated heterocycles. The average molecular weight is 189 g/mol. The maximum atomic E-state index is 11.4. The Bertz CT molecular complexity index is 314. The molecule has 0 aromatic heterocycles. The van der Waals surface area contributed by atoms with E-state index in [0.717, 1.165) is 6.42 Å². The Balaban J connectivity index is 2.72. The van der Waals surface area contributed by atoms with Crippen LogP contribution in [0.4, 0.5) is 0 Å². The first kappa shape index (κ1) is 10.5. The molecular formula is C12H15NO. The van der Waals surface area contributed by atoms with Crippen molar-refractivity contribution in [3.63, 3.8) is 0 Å². The number of allylic oxidation sites excluding steroid dienone is 1. The van der Waals surface area contributed by atoms with Gasteiger partial charge in [-0.15, -0.1) is 6.58 Å². The van der Waals surface area contributed by atoms with Crippen LogP contribution in [0, 0.1) is 0 Å². The normalized spacial score (nSPS) is 9.50. The average Bonchev–Trinajstić information content (AvgIpc) is 2.20. The highest BCUT2D eigenvalue weighted by Crippen LogP contribution is 2.05. The topological polar surface area (TPSA) is 29.1 Å². The highest BCUT2D eigenvalue weighted by Gasteiger charge is 2.02. The lowest BCUT2D eigenvalue weighted by Crippen LogP contribution is -2.22. The first-order chi connectivity index (χ1) is 6.77. The van der Waals surface area contributed by atoms with E-state index in [9.17, 15) is 4.79 Å². The molecule has 0 saturated carbocycles. The van der Waals surface area contributed by atoms with Gasteiger partial charge in [-0.3, -0.25) is 4.79 Å². The quantitative estimate of drug-likeness (QED) is 0.722. The fraction of sp³-hybridized carbons (Fsp3) is 0.250. The lowest BCUT2D eigenvalue weighted by atomic mass is 10.1. The molecule has 74 valence electrons. The van der Waals surface area contributed by atoms with Crippen LogP contribution in [0.25, 0.3) is 0 Å². The Hall–Kier alpha value is -1.57. The summed E-state index contributed by atoms with van der Waals surface area (Å²) in [5.41, 5.74) is 1.88. The van der Waals surface area contributed by atoms with Crippen LogP contribution in [0.15, 0.2) is 36.9 Å². The molecular weight excluding hydrogens is 174 g/mol. The number of amides is 1. The number of carbonyl (C=O) groups is 1. The number of nitrogens with one attached hydrogen (secondary N) is 1. The zero-order valence-corrected chi connectivity index (χ0v) is 8.42. The largest absolute Gasteiger partial charge is 0.352 e. The van der Waals surface area contributed by atoms with Crippen LogP contribution in [0.5, 0.6) is 0 Å². The van der Waals surface area contributed by atoms with Crippen molar-refractivity contribution in [1.82, 2.24) is 5.32 Å². The number of rotatable bonds is 4. The second-order valence-corrected chi connectivity index (χ2v) is 3.05. The summed E-state index contributed by atoms with van der Waals surface area (Å²) in [4.78, 5) is 11.4. The Labute approximate surface area is 84.6 Å². The van der Waals surface area contributed by atoms with Crippen LogP contribution in [0.1, 0.15) is 22.8 Å². The van der Waals surface area contributed by atoms with Gasteiger partial charge in [0.05, 0.1) is 0 Å². The molecule has 0 radical (unpaired) electrons. The molecule has 1 rings (SSSR count). The van der Waals surface area contributed by atoms with Gasteiger partial charge < -0.3 is 5.32 Å². The minimum atomic E-state index is -0.0161. The molecule has 1 aromatic carbocycles. The molecule has 0 aliphatic heterocycles. The van der Waals surface area contributed by atoms with Gasteiger partial charge in [-0.25, -0.2) is 0 Å². The zero-order valence-electron chi connectivity index (χ0n) is 8.42. The SMILES string of the molecule is C=CCc1ccc(C(=O)NCC)cc1. The summed E-state index contributed by atoms with van der Waals surface area (Å²) in [6.45, 7) is 6.23. The summed E-state index contributed by atoms with van der Waals surface area (Å²) in [6.07, 6.45) is 2.69. The van der Waals surface area contributed by atoms with Gasteiger partial charge in [-0.1, -0.05) is 18.2 Å². The van der Waals surface area contributed by atoms with Crippen LogP contribution >= 0.6 is 0 Å². The molecule has 1 N–H and O–H groups in total.